The fourth-order valence-corrected chi connectivity index (χ4v) is 2.25. The molecule has 0 radical (unpaired) electrons. The summed E-state index contributed by atoms with van der Waals surface area (Å²) in [6, 6.07) is 2.60. The number of carbonyl (C=O) groups is 1. The van der Waals surface area contributed by atoms with Gasteiger partial charge in [-0.25, -0.2) is 9.78 Å². The van der Waals surface area contributed by atoms with Gasteiger partial charge in [0.1, 0.15) is 11.9 Å². The van der Waals surface area contributed by atoms with Crippen molar-refractivity contribution in [2.75, 3.05) is 25.3 Å². The first-order chi connectivity index (χ1) is 11.0. The van der Waals surface area contributed by atoms with Crippen molar-refractivity contribution in [3.63, 3.8) is 0 Å². The Morgan fingerprint density at radius 1 is 1.30 bits per heavy atom. The van der Waals surface area contributed by atoms with Crippen molar-refractivity contribution in [3.05, 3.63) is 12.1 Å². The highest BCUT2D eigenvalue weighted by molar-refractivity contribution is 5.92. The number of aromatic nitrogens is 2. The number of anilines is 2. The molecule has 1 aromatic carbocycles. The maximum Gasteiger partial charge on any atom is 0.326 e. The van der Waals surface area contributed by atoms with Gasteiger partial charge in [0.25, 0.3) is 0 Å². The summed E-state index contributed by atoms with van der Waals surface area (Å²) in [6.07, 6.45) is 1.18. The highest BCUT2D eigenvalue weighted by atomic mass is 16.5. The largest absolute Gasteiger partial charge is 0.493 e. The van der Waals surface area contributed by atoms with Crippen molar-refractivity contribution in [1.29, 1.82) is 0 Å². The van der Waals surface area contributed by atoms with Crippen LogP contribution in [-0.4, -0.2) is 41.3 Å². The number of nitrogen functional groups attached to an aromatic ring is 1. The van der Waals surface area contributed by atoms with Crippen molar-refractivity contribution in [1.82, 2.24) is 9.97 Å². The Kier molecular flexibility index (Phi) is 5.05. The second kappa shape index (κ2) is 6.99. The highest BCUT2D eigenvalue weighted by Crippen LogP contribution is 2.33. The third-order valence-electron chi connectivity index (χ3n) is 3.41. The van der Waals surface area contributed by atoms with E-state index in [2.05, 4.69) is 15.3 Å². The topological polar surface area (TPSA) is 120 Å². The molecule has 2 aromatic rings. The lowest BCUT2D eigenvalue weighted by Crippen LogP contribution is -2.30. The molecule has 8 nitrogen and oxygen atoms in total. The minimum absolute atomic E-state index is 0.170. The second-order valence-corrected chi connectivity index (χ2v) is 4.98. The van der Waals surface area contributed by atoms with E-state index in [4.69, 9.17) is 15.2 Å². The van der Waals surface area contributed by atoms with Gasteiger partial charge in [-0.15, -0.1) is 0 Å². The van der Waals surface area contributed by atoms with Crippen LogP contribution >= 0.6 is 0 Å². The zero-order valence-corrected chi connectivity index (χ0v) is 13.3. The first-order valence-corrected chi connectivity index (χ1v) is 7.18. The molecule has 1 atom stereocenters. The minimum atomic E-state index is -0.957. The van der Waals surface area contributed by atoms with E-state index < -0.39 is 12.0 Å². The quantitative estimate of drug-likeness (QED) is 0.707. The molecule has 0 amide bonds. The fraction of sp³-hybridized carbons (Fsp3) is 0.400. The smallest absolute Gasteiger partial charge is 0.326 e. The van der Waals surface area contributed by atoms with E-state index in [1.165, 1.54) is 14.2 Å². The molecule has 8 heteroatoms. The van der Waals surface area contributed by atoms with Gasteiger partial charge in [-0.2, -0.15) is 4.98 Å². The molecule has 124 valence electrons. The number of hydrogen-bond donors (Lipinski definition) is 3. The Hall–Kier alpha value is -2.77. The lowest BCUT2D eigenvalue weighted by Gasteiger charge is -2.15. The molecule has 0 spiro atoms. The molecule has 1 aromatic heterocycles. The average molecular weight is 320 g/mol. The Morgan fingerprint density at radius 2 is 1.96 bits per heavy atom. The number of carboxylic acid groups (broad SMARTS) is 1. The number of rotatable bonds is 7. The lowest BCUT2D eigenvalue weighted by molar-refractivity contribution is -0.138. The minimum Gasteiger partial charge on any atom is -0.493 e. The molecule has 23 heavy (non-hydrogen) atoms. The van der Waals surface area contributed by atoms with Crippen LogP contribution in [0.15, 0.2) is 12.1 Å². The lowest BCUT2D eigenvalue weighted by atomic mass is 10.2. The zero-order valence-electron chi connectivity index (χ0n) is 13.3. The van der Waals surface area contributed by atoms with Gasteiger partial charge in [0.2, 0.25) is 5.95 Å². The number of benzene rings is 1. The van der Waals surface area contributed by atoms with E-state index >= 15 is 0 Å². The van der Waals surface area contributed by atoms with Gasteiger partial charge in [0, 0.05) is 11.5 Å². The van der Waals surface area contributed by atoms with Gasteiger partial charge < -0.3 is 25.6 Å². The fourth-order valence-electron chi connectivity index (χ4n) is 2.25. The number of fused-ring (bicyclic) bond motifs is 1. The normalized spacial score (nSPS) is 12.0. The summed E-state index contributed by atoms with van der Waals surface area (Å²) in [4.78, 5) is 19.7. The number of aliphatic carboxylic acids is 1. The molecule has 0 saturated carbocycles. The van der Waals surface area contributed by atoms with Crippen LogP contribution in [0.1, 0.15) is 19.8 Å². The van der Waals surface area contributed by atoms with Gasteiger partial charge in [-0.3, -0.25) is 0 Å². The average Bonchev–Trinajstić information content (AvgIpc) is 2.53. The van der Waals surface area contributed by atoms with Crippen LogP contribution in [0.4, 0.5) is 11.8 Å². The van der Waals surface area contributed by atoms with E-state index in [0.29, 0.717) is 28.8 Å². The summed E-state index contributed by atoms with van der Waals surface area (Å²) >= 11 is 0. The molecule has 0 bridgehead atoms. The van der Waals surface area contributed by atoms with Crippen LogP contribution in [0, 0.1) is 0 Å². The summed E-state index contributed by atoms with van der Waals surface area (Å²) in [7, 11) is 3.05. The molecule has 2 rings (SSSR count). The van der Waals surface area contributed by atoms with Crippen LogP contribution in [0.25, 0.3) is 10.9 Å². The standard InChI is InChI=1S/C15H20N4O4/c1-4-5-9(14(20)21)17-15-18-10-7-12(23-3)11(22-2)6-8(10)13(16)19-15/h6-7,9H,4-5H2,1-3H3,(H,20,21)(H3,16,17,18,19). The summed E-state index contributed by atoms with van der Waals surface area (Å²) in [5, 5.41) is 12.6. The number of hydrogen-bond acceptors (Lipinski definition) is 7. The van der Waals surface area contributed by atoms with Crippen LogP contribution in [0.5, 0.6) is 11.5 Å². The number of methoxy groups -OCH3 is 2. The number of carboxylic acids is 1. The monoisotopic (exact) mass is 320 g/mol. The predicted molar refractivity (Wildman–Crippen MR) is 87.0 cm³/mol. The van der Waals surface area contributed by atoms with Gasteiger partial charge in [0.05, 0.1) is 19.7 Å². The van der Waals surface area contributed by atoms with Crippen molar-refractivity contribution >= 4 is 28.6 Å². The van der Waals surface area contributed by atoms with E-state index in [1.807, 2.05) is 6.92 Å². The molecule has 0 aliphatic heterocycles. The molecule has 0 aliphatic rings. The predicted octanol–water partition coefficient (Wildman–Crippen LogP) is 1.89. The second-order valence-electron chi connectivity index (χ2n) is 4.98. The highest BCUT2D eigenvalue weighted by Gasteiger charge is 2.18. The van der Waals surface area contributed by atoms with E-state index in [9.17, 15) is 9.90 Å². The summed E-state index contributed by atoms with van der Waals surface area (Å²) in [5.74, 6) is 0.474. The van der Waals surface area contributed by atoms with Gasteiger partial charge >= 0.3 is 5.97 Å². The number of nitrogens with two attached hydrogens (primary N) is 1. The molecule has 4 N–H and O–H groups in total. The Labute approximate surface area is 133 Å². The summed E-state index contributed by atoms with van der Waals surface area (Å²) in [6.45, 7) is 1.91. The Bertz CT molecular complexity index is 720. The Morgan fingerprint density at radius 3 is 2.52 bits per heavy atom. The van der Waals surface area contributed by atoms with Crippen molar-refractivity contribution < 1.29 is 19.4 Å². The number of ether oxygens (including phenoxy) is 2. The third-order valence-corrected chi connectivity index (χ3v) is 3.41. The van der Waals surface area contributed by atoms with Crippen LogP contribution in [0.2, 0.25) is 0 Å². The van der Waals surface area contributed by atoms with E-state index in [-0.39, 0.29) is 11.8 Å². The number of nitrogens with zero attached hydrogens (tertiary/aromatic N) is 2. The first kappa shape index (κ1) is 16.6. The molecule has 1 unspecified atom stereocenters. The number of nitrogens with one attached hydrogen (secondary N) is 1. The molecule has 0 fully saturated rings. The third kappa shape index (κ3) is 3.53. The van der Waals surface area contributed by atoms with Crippen LogP contribution in [0.3, 0.4) is 0 Å². The summed E-state index contributed by atoms with van der Waals surface area (Å²) in [5.41, 5.74) is 6.50. The SMILES string of the molecule is CCCC(Nc1nc(N)c2cc(OC)c(OC)cc2n1)C(=O)O. The van der Waals surface area contributed by atoms with Gasteiger partial charge in [0.15, 0.2) is 11.5 Å². The maximum absolute atomic E-state index is 11.2. The van der Waals surface area contributed by atoms with Crippen LogP contribution < -0.4 is 20.5 Å². The molecular weight excluding hydrogens is 300 g/mol. The van der Waals surface area contributed by atoms with Gasteiger partial charge in [-0.05, 0) is 12.5 Å². The zero-order chi connectivity index (χ0) is 17.0. The van der Waals surface area contributed by atoms with E-state index in [0.717, 1.165) is 6.42 Å². The van der Waals surface area contributed by atoms with Gasteiger partial charge in [-0.1, -0.05) is 13.3 Å². The van der Waals surface area contributed by atoms with E-state index in [1.54, 1.807) is 12.1 Å². The van der Waals surface area contributed by atoms with Crippen molar-refractivity contribution in [3.8, 4) is 11.5 Å². The summed E-state index contributed by atoms with van der Waals surface area (Å²) < 4.78 is 10.5. The van der Waals surface area contributed by atoms with Crippen molar-refractivity contribution in [2.24, 2.45) is 0 Å². The maximum atomic E-state index is 11.2. The first-order valence-electron chi connectivity index (χ1n) is 7.18. The van der Waals surface area contributed by atoms with Crippen molar-refractivity contribution in [2.45, 2.75) is 25.8 Å². The molecular formula is C15H20N4O4. The molecule has 0 saturated heterocycles. The van der Waals surface area contributed by atoms with Crippen LogP contribution in [-0.2, 0) is 4.79 Å². The molecule has 0 aliphatic carbocycles. The molecule has 1 heterocycles. The Balaban J connectivity index is 2.45.